The van der Waals surface area contributed by atoms with Crippen molar-refractivity contribution in [1.82, 2.24) is 4.98 Å². The Labute approximate surface area is 138 Å². The number of rotatable bonds is 4. The molecular formula is C18H15FN2OS. The molecule has 0 aliphatic carbocycles. The Morgan fingerprint density at radius 2 is 1.96 bits per heavy atom. The second-order valence-electron chi connectivity index (χ2n) is 4.94. The molecule has 0 saturated heterocycles. The number of hydrogen-bond donors (Lipinski definition) is 0. The lowest BCUT2D eigenvalue weighted by atomic mass is 10.2. The summed E-state index contributed by atoms with van der Waals surface area (Å²) < 4.78 is 13.3. The van der Waals surface area contributed by atoms with Crippen LogP contribution in [0.3, 0.4) is 0 Å². The zero-order valence-corrected chi connectivity index (χ0v) is 13.4. The molecule has 3 aromatic rings. The van der Waals surface area contributed by atoms with Gasteiger partial charge in [-0.25, -0.2) is 9.37 Å². The third-order valence-corrected chi connectivity index (χ3v) is 4.29. The zero-order valence-electron chi connectivity index (χ0n) is 12.6. The largest absolute Gasteiger partial charge is 0.284 e. The monoisotopic (exact) mass is 326 g/mol. The van der Waals surface area contributed by atoms with Crippen molar-refractivity contribution in [3.05, 3.63) is 71.4 Å². The van der Waals surface area contributed by atoms with Crippen LogP contribution in [0.15, 0.2) is 60.0 Å². The van der Waals surface area contributed by atoms with Crippen molar-refractivity contribution in [2.45, 2.75) is 6.92 Å². The maximum absolute atomic E-state index is 13.3. The van der Waals surface area contributed by atoms with Crippen LogP contribution in [-0.2, 0) is 0 Å². The van der Waals surface area contributed by atoms with Gasteiger partial charge >= 0.3 is 0 Å². The fourth-order valence-electron chi connectivity index (χ4n) is 2.27. The summed E-state index contributed by atoms with van der Waals surface area (Å²) in [5.41, 5.74) is 2.16. The summed E-state index contributed by atoms with van der Waals surface area (Å²) in [5.74, 6) is -0.669. The number of halogens is 1. The van der Waals surface area contributed by atoms with Gasteiger partial charge < -0.3 is 0 Å². The number of hydrogen-bond acceptors (Lipinski definition) is 3. The minimum Gasteiger partial charge on any atom is -0.284 e. The van der Waals surface area contributed by atoms with Crippen LogP contribution in [0.4, 0.5) is 9.52 Å². The molecule has 0 unspecified atom stereocenters. The van der Waals surface area contributed by atoms with Crippen LogP contribution >= 0.6 is 11.3 Å². The maximum Gasteiger partial charge on any atom is 0.260 e. The highest BCUT2D eigenvalue weighted by Crippen LogP contribution is 2.28. The molecule has 0 atom stereocenters. The predicted molar refractivity (Wildman–Crippen MR) is 91.3 cm³/mol. The Balaban J connectivity index is 1.90. The molecule has 0 N–H and O–H groups in total. The Morgan fingerprint density at radius 3 is 2.65 bits per heavy atom. The predicted octanol–water partition coefficient (Wildman–Crippen LogP) is 4.62. The molecule has 3 rings (SSSR count). The molecule has 0 bridgehead atoms. The van der Waals surface area contributed by atoms with Gasteiger partial charge in [-0.3, -0.25) is 9.69 Å². The number of aromatic nitrogens is 1. The van der Waals surface area contributed by atoms with Crippen molar-refractivity contribution in [3.63, 3.8) is 0 Å². The molecule has 0 radical (unpaired) electrons. The first kappa shape index (κ1) is 15.4. The van der Waals surface area contributed by atoms with E-state index in [4.69, 9.17) is 0 Å². The average Bonchev–Trinajstić information content (AvgIpc) is 3.06. The van der Waals surface area contributed by atoms with E-state index in [-0.39, 0.29) is 5.91 Å². The Kier molecular flexibility index (Phi) is 4.48. The van der Waals surface area contributed by atoms with E-state index in [1.165, 1.54) is 29.5 Å². The Morgan fingerprint density at radius 1 is 1.17 bits per heavy atom. The smallest absolute Gasteiger partial charge is 0.260 e. The molecule has 3 nitrogen and oxygen atoms in total. The van der Waals surface area contributed by atoms with Gasteiger partial charge in [0.25, 0.3) is 5.91 Å². The maximum atomic E-state index is 13.3. The lowest BCUT2D eigenvalue weighted by Crippen LogP contribution is -2.30. The number of benzene rings is 2. The van der Waals surface area contributed by atoms with Gasteiger partial charge in [-0.2, -0.15) is 0 Å². The number of thiazole rings is 1. The van der Waals surface area contributed by atoms with Crippen LogP contribution in [-0.4, -0.2) is 17.4 Å². The Hall–Kier alpha value is -2.53. The van der Waals surface area contributed by atoms with Crippen LogP contribution in [0, 0.1) is 5.82 Å². The zero-order chi connectivity index (χ0) is 16.2. The summed E-state index contributed by atoms with van der Waals surface area (Å²) in [6, 6.07) is 15.5. The molecule has 0 aliphatic heterocycles. The molecule has 116 valence electrons. The van der Waals surface area contributed by atoms with Gasteiger partial charge in [0.2, 0.25) is 0 Å². The minimum absolute atomic E-state index is 0.249. The first-order chi connectivity index (χ1) is 11.2. The van der Waals surface area contributed by atoms with E-state index in [1.807, 2.05) is 42.6 Å². The topological polar surface area (TPSA) is 33.2 Å². The summed E-state index contributed by atoms with van der Waals surface area (Å²) in [6.45, 7) is 2.35. The quantitative estimate of drug-likeness (QED) is 0.701. The van der Waals surface area contributed by atoms with Crippen molar-refractivity contribution in [3.8, 4) is 11.3 Å². The van der Waals surface area contributed by atoms with Gasteiger partial charge in [-0.15, -0.1) is 11.3 Å². The minimum atomic E-state index is -0.420. The summed E-state index contributed by atoms with van der Waals surface area (Å²) in [6.07, 6.45) is 0. The SMILES string of the molecule is CCN(C(=O)c1cccc(F)c1)c1nc(-c2ccccc2)cs1. The fraction of sp³-hybridized carbons (Fsp3) is 0.111. The fourth-order valence-corrected chi connectivity index (χ4v) is 3.17. The standard InChI is InChI=1S/C18H15FN2OS/c1-2-21(17(22)14-9-6-10-15(19)11-14)18-20-16(12-23-18)13-7-4-3-5-8-13/h3-12H,2H2,1H3. The van der Waals surface area contributed by atoms with E-state index in [2.05, 4.69) is 4.98 Å². The van der Waals surface area contributed by atoms with Crippen molar-refractivity contribution in [2.24, 2.45) is 0 Å². The Bertz CT molecular complexity index is 817. The normalized spacial score (nSPS) is 10.5. The first-order valence-electron chi connectivity index (χ1n) is 7.27. The lowest BCUT2D eigenvalue weighted by Gasteiger charge is -2.17. The van der Waals surface area contributed by atoms with E-state index in [0.717, 1.165) is 11.3 Å². The van der Waals surface area contributed by atoms with E-state index in [0.29, 0.717) is 17.2 Å². The van der Waals surface area contributed by atoms with Gasteiger partial charge in [-0.1, -0.05) is 36.4 Å². The number of carbonyl (C=O) groups is 1. The van der Waals surface area contributed by atoms with Crippen LogP contribution in [0.25, 0.3) is 11.3 Å². The van der Waals surface area contributed by atoms with Gasteiger partial charge in [0.15, 0.2) is 5.13 Å². The number of nitrogens with zero attached hydrogens (tertiary/aromatic N) is 2. The average molecular weight is 326 g/mol. The highest BCUT2D eigenvalue weighted by Gasteiger charge is 2.19. The van der Waals surface area contributed by atoms with Gasteiger partial charge in [0.05, 0.1) is 5.69 Å². The van der Waals surface area contributed by atoms with Crippen LogP contribution in [0.1, 0.15) is 17.3 Å². The molecule has 1 heterocycles. The molecule has 23 heavy (non-hydrogen) atoms. The molecule has 0 fully saturated rings. The van der Waals surface area contributed by atoms with Crippen molar-refractivity contribution >= 4 is 22.4 Å². The lowest BCUT2D eigenvalue weighted by molar-refractivity contribution is 0.0988. The van der Waals surface area contributed by atoms with Gasteiger partial charge in [0.1, 0.15) is 5.82 Å². The molecular weight excluding hydrogens is 311 g/mol. The summed E-state index contributed by atoms with van der Waals surface area (Å²) in [7, 11) is 0. The van der Waals surface area contributed by atoms with E-state index < -0.39 is 5.82 Å². The molecule has 0 spiro atoms. The molecule has 5 heteroatoms. The highest BCUT2D eigenvalue weighted by molar-refractivity contribution is 7.14. The summed E-state index contributed by atoms with van der Waals surface area (Å²) in [5, 5.41) is 2.53. The second-order valence-corrected chi connectivity index (χ2v) is 5.78. The first-order valence-corrected chi connectivity index (χ1v) is 8.15. The molecule has 1 amide bonds. The number of anilines is 1. The summed E-state index contributed by atoms with van der Waals surface area (Å²) in [4.78, 5) is 18.7. The van der Waals surface area contributed by atoms with E-state index in [9.17, 15) is 9.18 Å². The molecule has 1 aromatic heterocycles. The van der Waals surface area contributed by atoms with E-state index >= 15 is 0 Å². The highest BCUT2D eigenvalue weighted by atomic mass is 32.1. The number of amides is 1. The molecule has 2 aromatic carbocycles. The third-order valence-electron chi connectivity index (χ3n) is 3.43. The number of carbonyl (C=O) groups excluding carboxylic acids is 1. The van der Waals surface area contributed by atoms with E-state index in [1.54, 1.807) is 11.0 Å². The van der Waals surface area contributed by atoms with Gasteiger partial charge in [-0.05, 0) is 25.1 Å². The van der Waals surface area contributed by atoms with Crippen LogP contribution < -0.4 is 4.90 Å². The van der Waals surface area contributed by atoms with Gasteiger partial charge in [0, 0.05) is 23.1 Å². The van der Waals surface area contributed by atoms with Crippen LogP contribution in [0.2, 0.25) is 0 Å². The van der Waals surface area contributed by atoms with Crippen LogP contribution in [0.5, 0.6) is 0 Å². The molecule has 0 saturated carbocycles. The third kappa shape index (κ3) is 3.29. The van der Waals surface area contributed by atoms with Crippen molar-refractivity contribution in [2.75, 3.05) is 11.4 Å². The molecule has 0 aliphatic rings. The van der Waals surface area contributed by atoms with Crippen molar-refractivity contribution < 1.29 is 9.18 Å². The van der Waals surface area contributed by atoms with Crippen molar-refractivity contribution in [1.29, 1.82) is 0 Å². The second kappa shape index (κ2) is 6.71. The summed E-state index contributed by atoms with van der Waals surface area (Å²) >= 11 is 1.40.